The average Bonchev–Trinajstić information content (AvgIpc) is 3.18. The average molecular weight is 379 g/mol. The predicted molar refractivity (Wildman–Crippen MR) is 102 cm³/mol. The molecule has 6 nitrogen and oxygen atoms in total. The van der Waals surface area contributed by atoms with Crippen LogP contribution in [0.2, 0.25) is 5.02 Å². The summed E-state index contributed by atoms with van der Waals surface area (Å²) in [7, 11) is 1.69. The normalized spacial score (nSPS) is 20.6. The van der Waals surface area contributed by atoms with Crippen LogP contribution < -0.4 is 10.2 Å². The number of nitrogens with one attached hydrogen (secondary N) is 1. The minimum atomic E-state index is -1.11. The molecule has 1 N–H and O–H groups in total. The number of carbonyl (C=O) groups is 2. The molecule has 2 aromatic carbocycles. The number of halogens is 1. The van der Waals surface area contributed by atoms with E-state index in [0.29, 0.717) is 22.1 Å². The van der Waals surface area contributed by atoms with E-state index in [0.717, 1.165) is 11.3 Å². The number of para-hydroxylation sites is 2. The van der Waals surface area contributed by atoms with E-state index in [2.05, 4.69) is 10.4 Å². The van der Waals surface area contributed by atoms with Crippen LogP contribution in [0.1, 0.15) is 17.5 Å². The molecule has 2 aliphatic rings. The first-order valence-corrected chi connectivity index (χ1v) is 8.93. The molecule has 3 aromatic rings. The number of aromatic nitrogens is 2. The number of rotatable bonds is 1. The van der Waals surface area contributed by atoms with Gasteiger partial charge in [-0.15, -0.1) is 0 Å². The zero-order chi connectivity index (χ0) is 18.8. The molecule has 0 saturated heterocycles. The van der Waals surface area contributed by atoms with Crippen molar-refractivity contribution in [1.82, 2.24) is 9.78 Å². The molecule has 0 fully saturated rings. The molecule has 0 bridgehead atoms. The molecule has 0 unspecified atom stereocenters. The Labute approximate surface area is 160 Å². The number of anilines is 2. The summed E-state index contributed by atoms with van der Waals surface area (Å²) in [6.07, 6.45) is 1.69. The number of carbonyl (C=O) groups excluding carboxylic acids is 2. The van der Waals surface area contributed by atoms with E-state index in [9.17, 15) is 9.59 Å². The Hall–Kier alpha value is -3.12. The number of benzene rings is 2. The van der Waals surface area contributed by atoms with Crippen LogP contribution in [0.3, 0.4) is 0 Å². The van der Waals surface area contributed by atoms with Crippen molar-refractivity contribution in [2.45, 2.75) is 11.8 Å². The fourth-order valence-electron chi connectivity index (χ4n) is 4.19. The summed E-state index contributed by atoms with van der Waals surface area (Å²) in [5.41, 5.74) is 1.77. The number of nitrogens with zero attached hydrogens (tertiary/aromatic N) is 3. The summed E-state index contributed by atoms with van der Waals surface area (Å²) in [4.78, 5) is 27.6. The molecule has 1 atom stereocenters. The van der Waals surface area contributed by atoms with Crippen LogP contribution in [0.4, 0.5) is 11.5 Å². The highest BCUT2D eigenvalue weighted by molar-refractivity contribution is 6.35. The van der Waals surface area contributed by atoms with Gasteiger partial charge >= 0.3 is 0 Å². The highest BCUT2D eigenvalue weighted by Crippen LogP contribution is 2.53. The van der Waals surface area contributed by atoms with E-state index >= 15 is 0 Å². The van der Waals surface area contributed by atoms with Crippen LogP contribution in [0, 0.1) is 0 Å². The lowest BCUT2D eigenvalue weighted by molar-refractivity contribution is -0.126. The molecule has 5 rings (SSSR count). The predicted octanol–water partition coefficient (Wildman–Crippen LogP) is 3.13. The van der Waals surface area contributed by atoms with Gasteiger partial charge < -0.3 is 10.2 Å². The van der Waals surface area contributed by atoms with E-state index in [-0.39, 0.29) is 18.2 Å². The van der Waals surface area contributed by atoms with Gasteiger partial charge in [0.15, 0.2) is 0 Å². The molecule has 27 heavy (non-hydrogen) atoms. The van der Waals surface area contributed by atoms with Crippen molar-refractivity contribution in [2.24, 2.45) is 0 Å². The second-order valence-corrected chi connectivity index (χ2v) is 7.19. The Bertz CT molecular complexity index is 1110. The van der Waals surface area contributed by atoms with Gasteiger partial charge in [0, 0.05) is 19.0 Å². The number of hydrogen-bond donors (Lipinski definition) is 1. The first-order chi connectivity index (χ1) is 13.0. The van der Waals surface area contributed by atoms with Crippen LogP contribution in [-0.2, 0) is 15.0 Å². The zero-order valence-electron chi connectivity index (χ0n) is 14.4. The fraction of sp³-hybridized carbons (Fsp3) is 0.150. The molecule has 0 radical (unpaired) electrons. The molecule has 3 heterocycles. The van der Waals surface area contributed by atoms with Crippen molar-refractivity contribution in [2.75, 3.05) is 17.3 Å². The summed E-state index contributed by atoms with van der Waals surface area (Å²) in [6.45, 7) is 0. The van der Waals surface area contributed by atoms with Crippen molar-refractivity contribution >= 4 is 34.9 Å². The maximum atomic E-state index is 13.4. The van der Waals surface area contributed by atoms with Crippen LogP contribution in [0.15, 0.2) is 54.7 Å². The third kappa shape index (κ3) is 1.99. The van der Waals surface area contributed by atoms with E-state index in [4.69, 9.17) is 11.6 Å². The van der Waals surface area contributed by atoms with E-state index in [1.54, 1.807) is 28.9 Å². The Morgan fingerprint density at radius 2 is 1.85 bits per heavy atom. The van der Waals surface area contributed by atoms with Crippen LogP contribution in [-0.4, -0.2) is 28.6 Å². The maximum Gasteiger partial charge on any atom is 0.242 e. The summed E-state index contributed by atoms with van der Waals surface area (Å²) < 4.78 is 1.66. The molecule has 134 valence electrons. The van der Waals surface area contributed by atoms with Gasteiger partial charge in [-0.05, 0) is 23.8 Å². The lowest BCUT2D eigenvalue weighted by Gasteiger charge is -2.32. The second-order valence-electron chi connectivity index (χ2n) is 6.78. The number of hydrogen-bond acceptors (Lipinski definition) is 3. The van der Waals surface area contributed by atoms with Crippen LogP contribution in [0.25, 0.3) is 5.69 Å². The van der Waals surface area contributed by atoms with Crippen molar-refractivity contribution in [3.8, 4) is 5.69 Å². The SMILES string of the molecule is CN1C(=O)[C@@]2(CC(=O)Nc3c2cnn3-c2ccccc2)c2cccc(Cl)c21. The molecule has 2 aliphatic heterocycles. The monoisotopic (exact) mass is 378 g/mol. The van der Waals surface area contributed by atoms with Crippen molar-refractivity contribution < 1.29 is 9.59 Å². The van der Waals surface area contributed by atoms with Crippen molar-refractivity contribution in [3.05, 3.63) is 70.9 Å². The number of amides is 2. The summed E-state index contributed by atoms with van der Waals surface area (Å²) >= 11 is 6.38. The van der Waals surface area contributed by atoms with Gasteiger partial charge in [-0.3, -0.25) is 9.59 Å². The molecule has 0 aliphatic carbocycles. The van der Waals surface area contributed by atoms with E-state index < -0.39 is 5.41 Å². The lowest BCUT2D eigenvalue weighted by Crippen LogP contribution is -2.45. The Kier molecular flexibility index (Phi) is 3.24. The van der Waals surface area contributed by atoms with Gasteiger partial charge in [0.2, 0.25) is 11.8 Å². The first kappa shape index (κ1) is 16.1. The smallest absolute Gasteiger partial charge is 0.242 e. The Morgan fingerprint density at radius 1 is 1.07 bits per heavy atom. The third-order valence-electron chi connectivity index (χ3n) is 5.37. The van der Waals surface area contributed by atoms with E-state index in [1.807, 2.05) is 42.5 Å². The number of fused-ring (bicyclic) bond motifs is 4. The van der Waals surface area contributed by atoms with Gasteiger partial charge in [0.05, 0.1) is 22.6 Å². The summed E-state index contributed by atoms with van der Waals surface area (Å²) in [6, 6.07) is 14.9. The fourth-order valence-corrected chi connectivity index (χ4v) is 4.49. The highest BCUT2D eigenvalue weighted by atomic mass is 35.5. The highest BCUT2D eigenvalue weighted by Gasteiger charge is 2.56. The van der Waals surface area contributed by atoms with Gasteiger partial charge in [-0.2, -0.15) is 5.10 Å². The van der Waals surface area contributed by atoms with Crippen molar-refractivity contribution in [1.29, 1.82) is 0 Å². The molecular weight excluding hydrogens is 364 g/mol. The number of likely N-dealkylation sites (N-methyl/N-ethyl adjacent to an activating group) is 1. The molecule has 0 saturated carbocycles. The topological polar surface area (TPSA) is 67.2 Å². The molecule has 1 spiro atoms. The van der Waals surface area contributed by atoms with Gasteiger partial charge in [0.1, 0.15) is 11.2 Å². The second kappa shape index (κ2) is 5.44. The quantitative estimate of drug-likeness (QED) is 0.707. The van der Waals surface area contributed by atoms with Crippen LogP contribution in [0.5, 0.6) is 0 Å². The zero-order valence-corrected chi connectivity index (χ0v) is 15.2. The van der Waals surface area contributed by atoms with Crippen LogP contribution >= 0.6 is 11.6 Å². The van der Waals surface area contributed by atoms with Gasteiger partial charge in [-0.25, -0.2) is 4.68 Å². The Morgan fingerprint density at radius 3 is 2.63 bits per heavy atom. The molecule has 1 aromatic heterocycles. The summed E-state index contributed by atoms with van der Waals surface area (Å²) in [5, 5.41) is 7.86. The molecule has 7 heteroatoms. The first-order valence-electron chi connectivity index (χ1n) is 8.55. The van der Waals surface area contributed by atoms with Gasteiger partial charge in [-0.1, -0.05) is 41.9 Å². The third-order valence-corrected chi connectivity index (χ3v) is 5.67. The lowest BCUT2D eigenvalue weighted by atomic mass is 9.72. The Balaban J connectivity index is 1.81. The maximum absolute atomic E-state index is 13.4. The van der Waals surface area contributed by atoms with Gasteiger partial charge in [0.25, 0.3) is 0 Å². The van der Waals surface area contributed by atoms with Crippen molar-refractivity contribution in [3.63, 3.8) is 0 Å². The summed E-state index contributed by atoms with van der Waals surface area (Å²) in [5.74, 6) is 0.121. The standard InChI is InChI=1S/C20H15ClN4O2/c1-24-17-13(8-5-9-15(17)21)20(19(24)27)10-16(26)23-18-14(20)11-22-25(18)12-6-3-2-4-7-12/h2-9,11H,10H2,1H3,(H,23,26)/t20-/m0/s1. The molecule has 2 amide bonds. The van der Waals surface area contributed by atoms with E-state index in [1.165, 1.54) is 0 Å². The minimum Gasteiger partial charge on any atom is -0.313 e. The largest absolute Gasteiger partial charge is 0.313 e. The molecular formula is C20H15ClN4O2. The minimum absolute atomic E-state index is 0.0248.